The van der Waals surface area contributed by atoms with E-state index in [2.05, 4.69) is 33.0 Å². The fourth-order valence-electron chi connectivity index (χ4n) is 0.544. The molecule has 1 unspecified atom stereocenters. The standard InChI is InChI=1S/C8H18N.2C2H6.Y/c1-5-9-6-8(4)7(2)3;2*1-2;/h7-8H,5-6H2,1-4H3;2*1-2H3;/q-1;;;. The summed E-state index contributed by atoms with van der Waals surface area (Å²) >= 11 is 0. The van der Waals surface area contributed by atoms with Crippen molar-refractivity contribution < 1.29 is 32.7 Å². The van der Waals surface area contributed by atoms with E-state index in [4.69, 9.17) is 0 Å². The fourth-order valence-corrected chi connectivity index (χ4v) is 0.544. The van der Waals surface area contributed by atoms with Crippen molar-refractivity contribution in [1.29, 1.82) is 0 Å². The third-order valence-corrected chi connectivity index (χ3v) is 1.78. The molecule has 0 N–H and O–H groups in total. The number of hydrogen-bond acceptors (Lipinski definition) is 0. The molecule has 1 radical (unpaired) electrons. The van der Waals surface area contributed by atoms with Crippen LogP contribution >= 0.6 is 0 Å². The minimum atomic E-state index is 0. The van der Waals surface area contributed by atoms with E-state index in [0.717, 1.165) is 24.9 Å². The van der Waals surface area contributed by atoms with E-state index < -0.39 is 0 Å². The molecule has 0 aromatic heterocycles. The van der Waals surface area contributed by atoms with Crippen LogP contribution in [0.25, 0.3) is 5.32 Å². The van der Waals surface area contributed by atoms with E-state index in [9.17, 15) is 0 Å². The van der Waals surface area contributed by atoms with Gasteiger partial charge >= 0.3 is 0 Å². The average molecular weight is 277 g/mol. The molecule has 87 valence electrons. The molecule has 1 atom stereocenters. The second kappa shape index (κ2) is 23.7. The summed E-state index contributed by atoms with van der Waals surface area (Å²) in [4.78, 5) is 0. The Balaban J connectivity index is -0.0000000883. The summed E-state index contributed by atoms with van der Waals surface area (Å²) in [6, 6.07) is 0. The molecule has 0 rings (SSSR count). The summed E-state index contributed by atoms with van der Waals surface area (Å²) in [7, 11) is 0. The first kappa shape index (κ1) is 24.3. The van der Waals surface area contributed by atoms with Crippen molar-refractivity contribution in [2.24, 2.45) is 11.8 Å². The molecule has 14 heavy (non-hydrogen) atoms. The number of rotatable bonds is 4. The van der Waals surface area contributed by atoms with Gasteiger partial charge in [-0.25, -0.2) is 0 Å². The van der Waals surface area contributed by atoms with Crippen molar-refractivity contribution in [2.45, 2.75) is 55.4 Å². The Kier molecular flexibility index (Phi) is 41.2. The van der Waals surface area contributed by atoms with Gasteiger partial charge in [0.15, 0.2) is 0 Å². The molecule has 0 aromatic rings. The maximum Gasteiger partial charge on any atom is 0 e. The van der Waals surface area contributed by atoms with Gasteiger partial charge in [0.2, 0.25) is 0 Å². The van der Waals surface area contributed by atoms with E-state index in [1.54, 1.807) is 0 Å². The van der Waals surface area contributed by atoms with Crippen LogP contribution in [0.2, 0.25) is 0 Å². The Hall–Kier alpha value is 1.06. The molecule has 2 heteroatoms. The Bertz CT molecular complexity index is 65.3. The molecule has 0 amide bonds. The zero-order chi connectivity index (χ0) is 11.3. The normalized spacial score (nSPS) is 10.1. The van der Waals surface area contributed by atoms with Gasteiger partial charge < -0.3 is 5.32 Å². The summed E-state index contributed by atoms with van der Waals surface area (Å²) < 4.78 is 0. The van der Waals surface area contributed by atoms with Gasteiger partial charge in [-0.3, -0.25) is 0 Å². The van der Waals surface area contributed by atoms with Crippen LogP contribution < -0.4 is 0 Å². The SMILES string of the molecule is CC.CC.CC[N-]CC(C)C(C)C.[Y]. The molecule has 0 aliphatic heterocycles. The van der Waals surface area contributed by atoms with E-state index in [1.807, 2.05) is 27.7 Å². The molecular weight excluding hydrogens is 247 g/mol. The average Bonchev–Trinajstić information content (AvgIpc) is 2.20. The first-order valence-electron chi connectivity index (χ1n) is 5.81. The minimum Gasteiger partial charge on any atom is -0.662 e. The predicted octanol–water partition coefficient (Wildman–Crippen LogP) is 4.72. The summed E-state index contributed by atoms with van der Waals surface area (Å²) in [5.41, 5.74) is 0. The zero-order valence-corrected chi connectivity index (χ0v) is 14.4. The minimum absolute atomic E-state index is 0. The van der Waals surface area contributed by atoms with Gasteiger partial charge in [0.05, 0.1) is 0 Å². The molecular formula is C12H30NY-. The van der Waals surface area contributed by atoms with Gasteiger partial charge in [-0.2, -0.15) is 6.54 Å². The van der Waals surface area contributed by atoms with Crippen molar-refractivity contribution in [2.75, 3.05) is 13.1 Å². The van der Waals surface area contributed by atoms with Gasteiger partial charge in [0, 0.05) is 32.7 Å². The first-order chi connectivity index (χ1) is 6.18. The summed E-state index contributed by atoms with van der Waals surface area (Å²) in [6.45, 7) is 18.8. The van der Waals surface area contributed by atoms with Crippen molar-refractivity contribution in [3.05, 3.63) is 5.32 Å². The summed E-state index contributed by atoms with van der Waals surface area (Å²) in [5.74, 6) is 1.53. The molecule has 0 fully saturated rings. The quantitative estimate of drug-likeness (QED) is 0.705. The first-order valence-corrected chi connectivity index (χ1v) is 5.81. The summed E-state index contributed by atoms with van der Waals surface area (Å²) in [6.07, 6.45) is 0. The van der Waals surface area contributed by atoms with Crippen LogP contribution in [-0.2, 0) is 32.7 Å². The second-order valence-corrected chi connectivity index (χ2v) is 2.94. The molecule has 1 nitrogen and oxygen atoms in total. The molecule has 0 aliphatic rings. The molecule has 0 heterocycles. The molecule has 0 spiro atoms. The van der Waals surface area contributed by atoms with Gasteiger partial charge in [-0.15, -0.1) is 6.54 Å². The second-order valence-electron chi connectivity index (χ2n) is 2.94. The van der Waals surface area contributed by atoms with Crippen LogP contribution in [0.1, 0.15) is 55.4 Å². The van der Waals surface area contributed by atoms with Crippen LogP contribution in [0.15, 0.2) is 0 Å². The van der Waals surface area contributed by atoms with Crippen molar-refractivity contribution in [1.82, 2.24) is 0 Å². The molecule has 0 saturated carbocycles. The van der Waals surface area contributed by atoms with Gasteiger partial charge in [0.1, 0.15) is 0 Å². The number of nitrogens with zero attached hydrogens (tertiary/aromatic N) is 1. The van der Waals surface area contributed by atoms with E-state index in [0.29, 0.717) is 0 Å². The van der Waals surface area contributed by atoms with Crippen LogP contribution in [0.3, 0.4) is 0 Å². The Morgan fingerprint density at radius 1 is 0.929 bits per heavy atom. The van der Waals surface area contributed by atoms with Crippen LogP contribution in [-0.4, -0.2) is 13.1 Å². The maximum atomic E-state index is 4.29. The Morgan fingerprint density at radius 2 is 1.29 bits per heavy atom. The van der Waals surface area contributed by atoms with Crippen LogP contribution in [0, 0.1) is 11.8 Å². The van der Waals surface area contributed by atoms with Crippen molar-refractivity contribution in [3.63, 3.8) is 0 Å². The van der Waals surface area contributed by atoms with Gasteiger partial charge in [-0.1, -0.05) is 61.3 Å². The Morgan fingerprint density at radius 3 is 1.50 bits per heavy atom. The molecule has 0 aliphatic carbocycles. The predicted molar refractivity (Wildman–Crippen MR) is 65.5 cm³/mol. The fraction of sp³-hybridized carbons (Fsp3) is 1.00. The van der Waals surface area contributed by atoms with E-state index in [1.165, 1.54) is 0 Å². The third-order valence-electron chi connectivity index (χ3n) is 1.78. The van der Waals surface area contributed by atoms with Crippen LogP contribution in [0.4, 0.5) is 0 Å². The third kappa shape index (κ3) is 23.1. The molecule has 0 aromatic carbocycles. The largest absolute Gasteiger partial charge is 0.662 e. The van der Waals surface area contributed by atoms with E-state index in [-0.39, 0.29) is 32.7 Å². The number of hydrogen-bond donors (Lipinski definition) is 0. The zero-order valence-electron chi connectivity index (χ0n) is 11.6. The molecule has 0 saturated heterocycles. The topological polar surface area (TPSA) is 14.1 Å². The monoisotopic (exact) mass is 277 g/mol. The maximum absolute atomic E-state index is 4.29. The van der Waals surface area contributed by atoms with Crippen LogP contribution in [0.5, 0.6) is 0 Å². The molecule has 0 bridgehead atoms. The van der Waals surface area contributed by atoms with Crippen molar-refractivity contribution in [3.8, 4) is 0 Å². The van der Waals surface area contributed by atoms with Gasteiger partial charge in [-0.05, 0) is 5.92 Å². The smallest absolute Gasteiger partial charge is 0 e. The van der Waals surface area contributed by atoms with Gasteiger partial charge in [0.25, 0.3) is 0 Å². The summed E-state index contributed by atoms with van der Waals surface area (Å²) in [5, 5.41) is 4.29. The van der Waals surface area contributed by atoms with E-state index >= 15 is 0 Å². The Labute approximate surface area is 118 Å². The van der Waals surface area contributed by atoms with Crippen molar-refractivity contribution >= 4 is 0 Å².